The lowest BCUT2D eigenvalue weighted by Crippen LogP contribution is -2.02. The number of carboxylic acids is 1. The molecule has 0 aliphatic carbocycles. The van der Waals surface area contributed by atoms with Gasteiger partial charge in [0.25, 0.3) is 5.97 Å². The molecule has 0 saturated carbocycles. The Labute approximate surface area is 65.1 Å². The minimum absolute atomic E-state index is 0.833. The standard InChI is InChI=1S/C2H6O4S.C2H4O2/c1-5-7(3,4)6-2;1-2(3)4/h1-2H3;1H3,(H,3,4). The Morgan fingerprint density at radius 1 is 1.27 bits per heavy atom. The fourth-order valence-electron chi connectivity index (χ4n) is 0.0680. The van der Waals surface area contributed by atoms with E-state index in [0.29, 0.717) is 0 Å². The molecule has 0 amide bonds. The summed E-state index contributed by atoms with van der Waals surface area (Å²) in [5.41, 5.74) is 0. The van der Waals surface area contributed by atoms with E-state index in [-0.39, 0.29) is 0 Å². The molecule has 11 heavy (non-hydrogen) atoms. The van der Waals surface area contributed by atoms with Crippen molar-refractivity contribution in [2.24, 2.45) is 0 Å². The SMILES string of the molecule is CC(=O)O.COS(=O)(=O)OC. The molecule has 0 unspecified atom stereocenters. The number of hydrogen-bond acceptors (Lipinski definition) is 5. The summed E-state index contributed by atoms with van der Waals surface area (Å²) in [5, 5.41) is 7.42. The monoisotopic (exact) mass is 186 g/mol. The molecule has 1 N–H and O–H groups in total. The van der Waals surface area contributed by atoms with Crippen molar-refractivity contribution in [3.63, 3.8) is 0 Å². The molecule has 0 fully saturated rings. The van der Waals surface area contributed by atoms with Gasteiger partial charge in [0, 0.05) is 6.92 Å². The van der Waals surface area contributed by atoms with Crippen LogP contribution in [-0.2, 0) is 23.6 Å². The molecule has 0 atom stereocenters. The van der Waals surface area contributed by atoms with E-state index >= 15 is 0 Å². The Morgan fingerprint density at radius 2 is 1.45 bits per heavy atom. The van der Waals surface area contributed by atoms with Gasteiger partial charge in [0.15, 0.2) is 0 Å². The average molecular weight is 186 g/mol. The molecule has 0 aromatic heterocycles. The molecule has 0 bridgehead atoms. The van der Waals surface area contributed by atoms with Crippen molar-refractivity contribution in [2.75, 3.05) is 14.2 Å². The summed E-state index contributed by atoms with van der Waals surface area (Å²) in [6.07, 6.45) is 0. The lowest BCUT2D eigenvalue weighted by Gasteiger charge is -1.91. The van der Waals surface area contributed by atoms with E-state index in [2.05, 4.69) is 8.37 Å². The summed E-state index contributed by atoms with van der Waals surface area (Å²) in [4.78, 5) is 9.00. The van der Waals surface area contributed by atoms with Crippen molar-refractivity contribution >= 4 is 16.4 Å². The van der Waals surface area contributed by atoms with Gasteiger partial charge in [0.1, 0.15) is 0 Å². The third kappa shape index (κ3) is 17.6. The molecular formula is C4H10O6S. The van der Waals surface area contributed by atoms with Crippen molar-refractivity contribution in [2.45, 2.75) is 6.92 Å². The van der Waals surface area contributed by atoms with Crippen LogP contribution in [0.3, 0.4) is 0 Å². The van der Waals surface area contributed by atoms with Crippen LogP contribution in [0.2, 0.25) is 0 Å². The van der Waals surface area contributed by atoms with E-state index in [4.69, 9.17) is 9.90 Å². The third-order valence-electron chi connectivity index (χ3n) is 0.408. The smallest absolute Gasteiger partial charge is 0.399 e. The minimum Gasteiger partial charge on any atom is -0.481 e. The van der Waals surface area contributed by atoms with Crippen molar-refractivity contribution in [3.05, 3.63) is 0 Å². The average Bonchev–Trinajstić information content (AvgIpc) is 1.87. The molecule has 0 spiro atoms. The highest BCUT2D eigenvalue weighted by molar-refractivity contribution is 7.81. The second kappa shape index (κ2) is 6.08. The fraction of sp³-hybridized carbons (Fsp3) is 0.750. The van der Waals surface area contributed by atoms with Crippen molar-refractivity contribution in [3.8, 4) is 0 Å². The lowest BCUT2D eigenvalue weighted by atomic mass is 10.9. The maximum absolute atomic E-state index is 9.92. The molecule has 0 aromatic rings. The van der Waals surface area contributed by atoms with Crippen LogP contribution in [0.1, 0.15) is 6.92 Å². The summed E-state index contributed by atoms with van der Waals surface area (Å²) in [6.45, 7) is 1.08. The zero-order chi connectivity index (χ0) is 9.49. The van der Waals surface area contributed by atoms with Gasteiger partial charge in [-0.25, -0.2) is 0 Å². The molecule has 0 aromatic carbocycles. The van der Waals surface area contributed by atoms with Crippen molar-refractivity contribution in [1.82, 2.24) is 0 Å². The van der Waals surface area contributed by atoms with Gasteiger partial charge in [0.05, 0.1) is 14.2 Å². The minimum atomic E-state index is -3.66. The predicted molar refractivity (Wildman–Crippen MR) is 36.2 cm³/mol. The topological polar surface area (TPSA) is 89.9 Å². The molecule has 0 saturated heterocycles. The van der Waals surface area contributed by atoms with Gasteiger partial charge in [-0.2, -0.15) is 8.42 Å². The molecule has 0 heterocycles. The highest BCUT2D eigenvalue weighted by Gasteiger charge is 2.01. The number of hydrogen-bond donors (Lipinski definition) is 1. The highest BCUT2D eigenvalue weighted by Crippen LogP contribution is 1.85. The molecule has 0 rings (SSSR count). The Morgan fingerprint density at radius 3 is 1.45 bits per heavy atom. The van der Waals surface area contributed by atoms with E-state index in [1.807, 2.05) is 0 Å². The van der Waals surface area contributed by atoms with Gasteiger partial charge < -0.3 is 5.11 Å². The molecule has 0 radical (unpaired) electrons. The van der Waals surface area contributed by atoms with Gasteiger partial charge in [-0.3, -0.25) is 13.2 Å². The quantitative estimate of drug-likeness (QED) is 0.632. The molecule has 0 aliphatic heterocycles. The summed E-state index contributed by atoms with van der Waals surface area (Å²) in [6, 6.07) is 0. The van der Waals surface area contributed by atoms with Crippen LogP contribution >= 0.6 is 0 Å². The van der Waals surface area contributed by atoms with Gasteiger partial charge in [-0.1, -0.05) is 0 Å². The van der Waals surface area contributed by atoms with Crippen LogP contribution in [0.4, 0.5) is 0 Å². The number of rotatable bonds is 2. The largest absolute Gasteiger partial charge is 0.481 e. The van der Waals surface area contributed by atoms with Gasteiger partial charge in [0.2, 0.25) is 0 Å². The maximum atomic E-state index is 9.92. The number of aliphatic carboxylic acids is 1. The molecule has 68 valence electrons. The Balaban J connectivity index is 0. The number of carbonyl (C=O) groups is 1. The normalized spacial score (nSPS) is 9.73. The van der Waals surface area contributed by atoms with E-state index < -0.39 is 16.4 Å². The molecular weight excluding hydrogens is 176 g/mol. The Hall–Kier alpha value is -0.660. The van der Waals surface area contributed by atoms with Crippen molar-refractivity contribution in [1.29, 1.82) is 0 Å². The van der Waals surface area contributed by atoms with E-state index in [0.717, 1.165) is 21.1 Å². The lowest BCUT2D eigenvalue weighted by molar-refractivity contribution is -0.134. The summed E-state index contributed by atoms with van der Waals surface area (Å²) >= 11 is 0. The van der Waals surface area contributed by atoms with Crippen LogP contribution in [-0.4, -0.2) is 33.7 Å². The van der Waals surface area contributed by atoms with Crippen LogP contribution in [0, 0.1) is 0 Å². The number of carboxylic acid groups (broad SMARTS) is 1. The second-order valence-electron chi connectivity index (χ2n) is 1.26. The maximum Gasteiger partial charge on any atom is 0.399 e. The first kappa shape index (κ1) is 13.0. The van der Waals surface area contributed by atoms with Crippen LogP contribution < -0.4 is 0 Å². The van der Waals surface area contributed by atoms with Crippen molar-refractivity contribution < 1.29 is 26.7 Å². The van der Waals surface area contributed by atoms with E-state index in [1.165, 1.54) is 0 Å². The Bertz CT molecular complexity index is 179. The summed E-state index contributed by atoms with van der Waals surface area (Å²) in [7, 11) is -1.60. The Kier molecular flexibility index (Phi) is 7.16. The molecule has 6 nitrogen and oxygen atoms in total. The van der Waals surface area contributed by atoms with Gasteiger partial charge >= 0.3 is 10.4 Å². The first-order valence-corrected chi connectivity index (χ1v) is 3.74. The zero-order valence-corrected chi connectivity index (χ0v) is 7.21. The van der Waals surface area contributed by atoms with E-state index in [9.17, 15) is 8.42 Å². The van der Waals surface area contributed by atoms with Crippen LogP contribution in [0.5, 0.6) is 0 Å². The van der Waals surface area contributed by atoms with Crippen LogP contribution in [0.15, 0.2) is 0 Å². The van der Waals surface area contributed by atoms with Gasteiger partial charge in [-0.15, -0.1) is 0 Å². The first-order chi connectivity index (χ1) is 4.85. The summed E-state index contributed by atoms with van der Waals surface area (Å²) < 4.78 is 27.5. The molecule has 7 heteroatoms. The first-order valence-electron chi connectivity index (χ1n) is 2.41. The van der Waals surface area contributed by atoms with Crippen LogP contribution in [0.25, 0.3) is 0 Å². The third-order valence-corrected chi connectivity index (χ3v) is 1.22. The highest BCUT2D eigenvalue weighted by atomic mass is 32.3. The van der Waals surface area contributed by atoms with Gasteiger partial charge in [-0.05, 0) is 0 Å². The van der Waals surface area contributed by atoms with E-state index in [1.54, 1.807) is 0 Å². The second-order valence-corrected chi connectivity index (χ2v) is 2.74. The molecule has 0 aliphatic rings. The zero-order valence-electron chi connectivity index (χ0n) is 6.40. The fourth-order valence-corrected chi connectivity index (χ4v) is 0.204. The summed E-state index contributed by atoms with van der Waals surface area (Å²) in [5.74, 6) is -0.833. The predicted octanol–water partition coefficient (Wildman–Crippen LogP) is -0.385.